The van der Waals surface area contributed by atoms with Crippen LogP contribution in [-0.2, 0) is 17.7 Å². The van der Waals surface area contributed by atoms with E-state index in [9.17, 15) is 9.90 Å². The number of carbonyl (C=O) groups excluding carboxylic acids is 1. The number of rotatable bonds is 4. The first kappa shape index (κ1) is 16.7. The third kappa shape index (κ3) is 3.07. The molecule has 26 heavy (non-hydrogen) atoms. The standard InChI is InChI=1S/C18H23N5O3/c1-2-23-15(11-13-4-3-5-14(24)10-13)20-21-16(23)22-8-6-18(7-9-22)12-26-17(25)19-18/h3-5,10,24H,2,6-9,11-12H2,1H3,(H,19,25). The van der Waals surface area contributed by atoms with E-state index in [0.717, 1.165) is 49.8 Å². The Morgan fingerprint density at radius 2 is 2.12 bits per heavy atom. The molecule has 4 rings (SSSR count). The SMILES string of the molecule is CCn1c(Cc2cccc(O)c2)nnc1N1CCC2(CC1)COC(=O)N2. The Labute approximate surface area is 151 Å². The number of cyclic esters (lactones) is 1. The molecule has 2 aliphatic rings. The van der Waals surface area contributed by atoms with Gasteiger partial charge < -0.3 is 20.1 Å². The van der Waals surface area contributed by atoms with Crippen molar-refractivity contribution in [1.29, 1.82) is 0 Å². The highest BCUT2D eigenvalue weighted by atomic mass is 16.6. The molecule has 0 unspecified atom stereocenters. The zero-order valence-electron chi connectivity index (χ0n) is 14.8. The van der Waals surface area contributed by atoms with Crippen molar-refractivity contribution >= 4 is 12.0 Å². The van der Waals surface area contributed by atoms with Gasteiger partial charge in [-0.15, -0.1) is 10.2 Å². The number of amides is 1. The average Bonchev–Trinajstić information content (AvgIpc) is 3.19. The maximum Gasteiger partial charge on any atom is 0.407 e. The Kier molecular flexibility index (Phi) is 4.18. The van der Waals surface area contributed by atoms with Crippen LogP contribution in [0.1, 0.15) is 31.2 Å². The van der Waals surface area contributed by atoms with Crippen molar-refractivity contribution < 1.29 is 14.6 Å². The molecular weight excluding hydrogens is 334 g/mol. The van der Waals surface area contributed by atoms with Crippen LogP contribution >= 0.6 is 0 Å². The van der Waals surface area contributed by atoms with E-state index in [1.165, 1.54) is 0 Å². The molecule has 0 atom stereocenters. The summed E-state index contributed by atoms with van der Waals surface area (Å²) in [5, 5.41) is 21.4. The van der Waals surface area contributed by atoms with Crippen molar-refractivity contribution in [2.24, 2.45) is 0 Å². The van der Waals surface area contributed by atoms with E-state index in [1.807, 2.05) is 12.1 Å². The number of aromatic hydroxyl groups is 1. The van der Waals surface area contributed by atoms with Crippen molar-refractivity contribution in [3.8, 4) is 5.75 Å². The molecule has 1 aromatic heterocycles. The topological polar surface area (TPSA) is 92.5 Å². The van der Waals surface area contributed by atoms with Crippen LogP contribution < -0.4 is 10.2 Å². The lowest BCUT2D eigenvalue weighted by Crippen LogP contribution is -2.52. The predicted molar refractivity (Wildman–Crippen MR) is 95.3 cm³/mol. The van der Waals surface area contributed by atoms with Gasteiger partial charge in [0.2, 0.25) is 5.95 Å². The molecule has 8 nitrogen and oxygen atoms in total. The van der Waals surface area contributed by atoms with Gasteiger partial charge in [0.25, 0.3) is 0 Å². The van der Waals surface area contributed by atoms with Crippen LogP contribution in [0.25, 0.3) is 0 Å². The van der Waals surface area contributed by atoms with E-state index < -0.39 is 0 Å². The lowest BCUT2D eigenvalue weighted by Gasteiger charge is -2.37. The molecule has 0 saturated carbocycles. The highest BCUT2D eigenvalue weighted by Crippen LogP contribution is 2.29. The Hall–Kier alpha value is -2.77. The van der Waals surface area contributed by atoms with Gasteiger partial charge in [-0.25, -0.2) is 4.79 Å². The Bertz CT molecular complexity index is 811. The summed E-state index contributed by atoms with van der Waals surface area (Å²) < 4.78 is 7.21. The van der Waals surface area contributed by atoms with E-state index in [1.54, 1.807) is 12.1 Å². The summed E-state index contributed by atoms with van der Waals surface area (Å²) in [5.41, 5.74) is 0.775. The van der Waals surface area contributed by atoms with Gasteiger partial charge in [-0.05, 0) is 37.5 Å². The number of aromatic nitrogens is 3. The fourth-order valence-corrected chi connectivity index (χ4v) is 3.76. The minimum atomic E-state index is -0.316. The molecule has 0 bridgehead atoms. The van der Waals surface area contributed by atoms with Crippen LogP contribution in [0.2, 0.25) is 0 Å². The van der Waals surface area contributed by atoms with Gasteiger partial charge in [0, 0.05) is 26.1 Å². The summed E-state index contributed by atoms with van der Waals surface area (Å²) in [6, 6.07) is 7.22. The summed E-state index contributed by atoms with van der Waals surface area (Å²) in [4.78, 5) is 13.6. The molecule has 8 heteroatoms. The average molecular weight is 357 g/mol. The summed E-state index contributed by atoms with van der Waals surface area (Å²) in [6.45, 7) is 4.90. The zero-order chi connectivity index (χ0) is 18.1. The van der Waals surface area contributed by atoms with Crippen LogP contribution in [0.5, 0.6) is 5.75 Å². The lowest BCUT2D eigenvalue weighted by molar-refractivity contribution is 0.168. The zero-order valence-corrected chi connectivity index (χ0v) is 14.8. The van der Waals surface area contributed by atoms with Gasteiger partial charge in [-0.2, -0.15) is 0 Å². The number of piperidine rings is 1. The maximum absolute atomic E-state index is 11.4. The van der Waals surface area contributed by atoms with Crippen LogP contribution in [0.4, 0.5) is 10.7 Å². The van der Waals surface area contributed by atoms with Crippen molar-refractivity contribution in [3.05, 3.63) is 35.7 Å². The molecule has 2 aromatic rings. The maximum atomic E-state index is 11.4. The normalized spacial score (nSPS) is 18.8. The monoisotopic (exact) mass is 357 g/mol. The van der Waals surface area contributed by atoms with E-state index in [4.69, 9.17) is 4.74 Å². The molecule has 1 spiro atoms. The van der Waals surface area contributed by atoms with Crippen LogP contribution in [-0.4, -0.2) is 51.2 Å². The molecule has 2 N–H and O–H groups in total. The number of hydrogen-bond acceptors (Lipinski definition) is 6. The Morgan fingerprint density at radius 3 is 2.77 bits per heavy atom. The molecule has 0 radical (unpaired) electrons. The predicted octanol–water partition coefficient (Wildman–Crippen LogP) is 1.67. The lowest BCUT2D eigenvalue weighted by atomic mass is 9.89. The van der Waals surface area contributed by atoms with Gasteiger partial charge in [0.15, 0.2) is 0 Å². The van der Waals surface area contributed by atoms with Crippen LogP contribution in [0.3, 0.4) is 0 Å². The van der Waals surface area contributed by atoms with Crippen molar-refractivity contribution in [1.82, 2.24) is 20.1 Å². The minimum Gasteiger partial charge on any atom is -0.508 e. The second-order valence-electron chi connectivity index (χ2n) is 6.98. The fourth-order valence-electron chi connectivity index (χ4n) is 3.76. The Balaban J connectivity index is 1.49. The van der Waals surface area contributed by atoms with Crippen molar-refractivity contribution in [2.75, 3.05) is 24.6 Å². The smallest absolute Gasteiger partial charge is 0.407 e. The summed E-state index contributed by atoms with van der Waals surface area (Å²) >= 11 is 0. The number of nitrogens with one attached hydrogen (secondary N) is 1. The number of phenols is 1. The molecule has 3 heterocycles. The van der Waals surface area contributed by atoms with E-state index in [-0.39, 0.29) is 17.4 Å². The van der Waals surface area contributed by atoms with Crippen LogP contribution in [0, 0.1) is 0 Å². The number of alkyl carbamates (subject to hydrolysis) is 1. The molecular formula is C18H23N5O3. The van der Waals surface area contributed by atoms with Crippen LogP contribution in [0.15, 0.2) is 24.3 Å². The van der Waals surface area contributed by atoms with Gasteiger partial charge in [0.1, 0.15) is 18.2 Å². The number of anilines is 1. The van der Waals surface area contributed by atoms with E-state index >= 15 is 0 Å². The molecule has 1 aromatic carbocycles. The van der Waals surface area contributed by atoms with Gasteiger partial charge >= 0.3 is 6.09 Å². The highest BCUT2D eigenvalue weighted by Gasteiger charge is 2.42. The molecule has 1 amide bonds. The van der Waals surface area contributed by atoms with Gasteiger partial charge in [0.05, 0.1) is 5.54 Å². The molecule has 2 saturated heterocycles. The second-order valence-corrected chi connectivity index (χ2v) is 6.98. The summed E-state index contributed by atoms with van der Waals surface area (Å²) in [7, 11) is 0. The van der Waals surface area contributed by atoms with Crippen molar-refractivity contribution in [3.63, 3.8) is 0 Å². The number of phenolic OH excluding ortho intramolecular Hbond substituents is 1. The Morgan fingerprint density at radius 1 is 1.31 bits per heavy atom. The third-order valence-corrected chi connectivity index (χ3v) is 5.25. The second kappa shape index (κ2) is 6.51. The number of nitrogens with zero attached hydrogens (tertiary/aromatic N) is 4. The van der Waals surface area contributed by atoms with E-state index in [0.29, 0.717) is 13.0 Å². The quantitative estimate of drug-likeness (QED) is 0.865. The summed E-state index contributed by atoms with van der Waals surface area (Å²) in [6.07, 6.45) is 1.97. The number of benzene rings is 1. The minimum absolute atomic E-state index is 0.227. The number of ether oxygens (including phenoxy) is 1. The number of hydrogen-bond donors (Lipinski definition) is 2. The fraction of sp³-hybridized carbons (Fsp3) is 0.500. The first-order chi connectivity index (χ1) is 12.6. The van der Waals surface area contributed by atoms with Gasteiger partial charge in [-0.3, -0.25) is 4.57 Å². The third-order valence-electron chi connectivity index (χ3n) is 5.25. The molecule has 0 aliphatic carbocycles. The first-order valence-corrected chi connectivity index (χ1v) is 8.98. The largest absolute Gasteiger partial charge is 0.508 e. The first-order valence-electron chi connectivity index (χ1n) is 8.98. The molecule has 2 fully saturated rings. The number of carbonyl (C=O) groups is 1. The van der Waals surface area contributed by atoms with E-state index in [2.05, 4.69) is 31.9 Å². The van der Waals surface area contributed by atoms with Gasteiger partial charge in [-0.1, -0.05) is 12.1 Å². The molecule has 138 valence electrons. The molecule has 2 aliphatic heterocycles. The highest BCUT2D eigenvalue weighted by molar-refractivity contribution is 5.70. The van der Waals surface area contributed by atoms with Crippen molar-refractivity contribution in [2.45, 2.75) is 38.3 Å². The summed E-state index contributed by atoms with van der Waals surface area (Å²) in [5.74, 6) is 2.00.